The molecule has 2 amide bonds. The highest BCUT2D eigenvalue weighted by atomic mass is 32.2. The van der Waals surface area contributed by atoms with Crippen molar-refractivity contribution in [3.8, 4) is 0 Å². The maximum atomic E-state index is 12.0. The van der Waals surface area contributed by atoms with E-state index >= 15 is 0 Å². The highest BCUT2D eigenvalue weighted by Gasteiger charge is 2.31. The Bertz CT molecular complexity index is 726. The summed E-state index contributed by atoms with van der Waals surface area (Å²) in [5.41, 5.74) is 0.0165. The summed E-state index contributed by atoms with van der Waals surface area (Å²) in [5.74, 6) is -1.22. The molecule has 0 unspecified atom stereocenters. The third kappa shape index (κ3) is 3.10. The lowest BCUT2D eigenvalue weighted by Crippen LogP contribution is -2.34. The fraction of sp³-hybridized carbons (Fsp3) is 0.167. The number of imide groups is 1. The minimum absolute atomic E-state index is 0.0791. The first kappa shape index (κ1) is 15.2. The number of primary sulfonamides is 1. The van der Waals surface area contributed by atoms with Gasteiger partial charge in [0.2, 0.25) is 10.0 Å². The van der Waals surface area contributed by atoms with E-state index in [2.05, 4.69) is 5.32 Å². The third-order valence-corrected chi connectivity index (χ3v) is 3.76. The Morgan fingerprint density at radius 1 is 1.24 bits per heavy atom. The summed E-state index contributed by atoms with van der Waals surface area (Å²) in [6.07, 6.45) is 1.04. The Labute approximate surface area is 120 Å². The van der Waals surface area contributed by atoms with E-state index in [9.17, 15) is 18.0 Å². The van der Waals surface area contributed by atoms with Crippen LogP contribution in [-0.2, 0) is 19.6 Å². The zero-order chi connectivity index (χ0) is 15.6. The molecule has 0 radical (unpaired) electrons. The number of aliphatic hydroxyl groups excluding tert-OH is 1. The number of nitrogens with zero attached hydrogens (tertiary/aromatic N) is 1. The number of anilines is 1. The van der Waals surface area contributed by atoms with Crippen LogP contribution in [0, 0.1) is 0 Å². The molecule has 1 aliphatic rings. The molecule has 0 aromatic heterocycles. The monoisotopic (exact) mass is 311 g/mol. The van der Waals surface area contributed by atoms with Gasteiger partial charge in [0.05, 0.1) is 18.8 Å². The molecule has 21 heavy (non-hydrogen) atoms. The molecule has 4 N–H and O–H groups in total. The predicted molar refractivity (Wildman–Crippen MR) is 73.3 cm³/mol. The molecule has 2 rings (SSSR count). The lowest BCUT2D eigenvalue weighted by atomic mass is 10.3. The van der Waals surface area contributed by atoms with Gasteiger partial charge >= 0.3 is 0 Å². The molecular weight excluding hydrogens is 298 g/mol. The van der Waals surface area contributed by atoms with Crippen LogP contribution in [0.5, 0.6) is 0 Å². The van der Waals surface area contributed by atoms with Gasteiger partial charge in [0.1, 0.15) is 10.6 Å². The van der Waals surface area contributed by atoms with Gasteiger partial charge in [-0.25, -0.2) is 13.6 Å². The molecule has 0 fully saturated rings. The zero-order valence-electron chi connectivity index (χ0n) is 10.8. The van der Waals surface area contributed by atoms with Crippen LogP contribution in [-0.4, -0.2) is 43.4 Å². The summed E-state index contributed by atoms with van der Waals surface area (Å²) < 4.78 is 22.9. The van der Waals surface area contributed by atoms with E-state index in [1.54, 1.807) is 6.07 Å². The maximum Gasteiger partial charge on any atom is 0.277 e. The molecule has 0 aliphatic carbocycles. The van der Waals surface area contributed by atoms with Crippen LogP contribution in [0.4, 0.5) is 5.69 Å². The zero-order valence-corrected chi connectivity index (χ0v) is 11.6. The Morgan fingerprint density at radius 2 is 1.90 bits per heavy atom. The molecule has 0 spiro atoms. The molecule has 0 bridgehead atoms. The number of nitrogens with one attached hydrogen (secondary N) is 1. The molecule has 1 aromatic carbocycles. The van der Waals surface area contributed by atoms with E-state index in [1.165, 1.54) is 18.2 Å². The average molecular weight is 311 g/mol. The summed E-state index contributed by atoms with van der Waals surface area (Å²) in [5, 5.41) is 16.5. The molecule has 8 nitrogen and oxygen atoms in total. The number of sulfonamides is 1. The first-order chi connectivity index (χ1) is 9.84. The number of amides is 2. The van der Waals surface area contributed by atoms with Crippen molar-refractivity contribution in [1.29, 1.82) is 0 Å². The van der Waals surface area contributed by atoms with Gasteiger partial charge in [-0.15, -0.1) is 0 Å². The van der Waals surface area contributed by atoms with Gasteiger partial charge in [-0.05, 0) is 12.1 Å². The lowest BCUT2D eigenvalue weighted by Gasteiger charge is -2.14. The van der Waals surface area contributed by atoms with Crippen molar-refractivity contribution < 1.29 is 23.1 Å². The molecule has 0 saturated carbocycles. The van der Waals surface area contributed by atoms with Gasteiger partial charge in [-0.2, -0.15) is 0 Å². The van der Waals surface area contributed by atoms with Gasteiger partial charge in [0, 0.05) is 6.08 Å². The van der Waals surface area contributed by atoms with Gasteiger partial charge in [-0.1, -0.05) is 12.1 Å². The van der Waals surface area contributed by atoms with Gasteiger partial charge in [-0.3, -0.25) is 14.5 Å². The van der Waals surface area contributed by atoms with Gasteiger partial charge in [0.15, 0.2) is 0 Å². The fourth-order valence-electron chi connectivity index (χ4n) is 1.87. The number of rotatable bonds is 5. The Balaban J connectivity index is 2.31. The highest BCUT2D eigenvalue weighted by molar-refractivity contribution is 7.89. The molecule has 1 aliphatic heterocycles. The summed E-state index contributed by atoms with van der Waals surface area (Å²) in [4.78, 5) is 24.2. The van der Waals surface area contributed by atoms with Crippen molar-refractivity contribution in [2.75, 3.05) is 18.5 Å². The summed E-state index contributed by atoms with van der Waals surface area (Å²) in [6, 6.07) is 5.75. The third-order valence-electron chi connectivity index (χ3n) is 2.80. The SMILES string of the molecule is NS(=O)(=O)c1ccccc1NC1=CC(=O)N(CCO)C1=O. The lowest BCUT2D eigenvalue weighted by molar-refractivity contribution is -0.137. The van der Waals surface area contributed by atoms with Crippen molar-refractivity contribution >= 4 is 27.5 Å². The molecule has 0 saturated heterocycles. The summed E-state index contributed by atoms with van der Waals surface area (Å²) in [7, 11) is -3.97. The molecule has 112 valence electrons. The smallest absolute Gasteiger partial charge is 0.277 e. The Kier molecular flexibility index (Phi) is 4.07. The molecule has 9 heteroatoms. The second kappa shape index (κ2) is 5.64. The number of hydrogen-bond acceptors (Lipinski definition) is 6. The van der Waals surface area contributed by atoms with Crippen molar-refractivity contribution in [3.05, 3.63) is 36.0 Å². The van der Waals surface area contributed by atoms with E-state index < -0.39 is 21.8 Å². The maximum absolute atomic E-state index is 12.0. The van der Waals surface area contributed by atoms with Crippen LogP contribution >= 0.6 is 0 Å². The average Bonchev–Trinajstić information content (AvgIpc) is 2.66. The van der Waals surface area contributed by atoms with Crippen LogP contribution in [0.25, 0.3) is 0 Å². The van der Waals surface area contributed by atoms with Crippen molar-refractivity contribution in [1.82, 2.24) is 4.90 Å². The standard InChI is InChI=1S/C12H13N3O5S/c13-21(19,20)10-4-2-1-3-8(10)14-9-7-11(17)15(5-6-16)12(9)18/h1-4,7,14,16H,5-6H2,(H2,13,19,20). The number of aliphatic hydroxyl groups is 1. The molecule has 0 atom stereocenters. The first-order valence-corrected chi connectivity index (χ1v) is 7.46. The van der Waals surface area contributed by atoms with E-state index in [0.29, 0.717) is 0 Å². The normalized spacial score (nSPS) is 15.3. The number of carbonyl (C=O) groups is 2. The molecule has 1 heterocycles. The van der Waals surface area contributed by atoms with E-state index in [1.807, 2.05) is 0 Å². The number of carbonyl (C=O) groups excluding carboxylic acids is 2. The molecular formula is C12H13N3O5S. The quantitative estimate of drug-likeness (QED) is 0.597. The number of nitrogens with two attached hydrogens (primary N) is 1. The number of benzene rings is 1. The second-order valence-electron chi connectivity index (χ2n) is 4.24. The minimum Gasteiger partial charge on any atom is -0.395 e. The van der Waals surface area contributed by atoms with Crippen LogP contribution in [0.1, 0.15) is 0 Å². The summed E-state index contributed by atoms with van der Waals surface area (Å²) in [6.45, 7) is -0.484. The van der Waals surface area contributed by atoms with Crippen LogP contribution in [0.3, 0.4) is 0 Å². The van der Waals surface area contributed by atoms with Crippen molar-refractivity contribution in [3.63, 3.8) is 0 Å². The number of para-hydroxylation sites is 1. The van der Waals surface area contributed by atoms with E-state index in [0.717, 1.165) is 11.0 Å². The predicted octanol–water partition coefficient (Wildman–Crippen LogP) is -1.01. The van der Waals surface area contributed by atoms with Crippen LogP contribution in [0.2, 0.25) is 0 Å². The number of β-amino-alcohol motifs (C(OH)–C–C–N with tert-alkyl or cyclic N) is 1. The largest absolute Gasteiger partial charge is 0.395 e. The van der Waals surface area contributed by atoms with E-state index in [-0.39, 0.29) is 29.4 Å². The fourth-order valence-corrected chi connectivity index (χ4v) is 2.57. The summed E-state index contributed by atoms with van der Waals surface area (Å²) >= 11 is 0. The second-order valence-corrected chi connectivity index (χ2v) is 5.77. The van der Waals surface area contributed by atoms with Crippen molar-refractivity contribution in [2.45, 2.75) is 4.90 Å². The highest BCUT2D eigenvalue weighted by Crippen LogP contribution is 2.23. The van der Waals surface area contributed by atoms with Gasteiger partial charge in [0.25, 0.3) is 11.8 Å². The van der Waals surface area contributed by atoms with Crippen LogP contribution < -0.4 is 10.5 Å². The van der Waals surface area contributed by atoms with Crippen molar-refractivity contribution in [2.24, 2.45) is 5.14 Å². The Morgan fingerprint density at radius 3 is 2.52 bits per heavy atom. The van der Waals surface area contributed by atoms with Gasteiger partial charge < -0.3 is 10.4 Å². The first-order valence-electron chi connectivity index (χ1n) is 5.92. The molecule has 1 aromatic rings. The Hall–Kier alpha value is -2.23. The number of hydrogen-bond donors (Lipinski definition) is 3. The van der Waals surface area contributed by atoms with Crippen LogP contribution in [0.15, 0.2) is 40.9 Å². The topological polar surface area (TPSA) is 130 Å². The van der Waals surface area contributed by atoms with E-state index in [4.69, 9.17) is 10.2 Å². The minimum atomic E-state index is -3.97.